The minimum absolute atomic E-state index is 0.0310. The Labute approximate surface area is 223 Å². The molecule has 2 fully saturated rings. The van der Waals surface area contributed by atoms with Crippen molar-refractivity contribution >= 4 is 34.7 Å². The van der Waals surface area contributed by atoms with Crippen LogP contribution in [-0.2, 0) is 9.47 Å². The molecular weight excluding hydrogens is 508 g/mol. The lowest BCUT2D eigenvalue weighted by Gasteiger charge is -2.36. The molecule has 1 aromatic carbocycles. The summed E-state index contributed by atoms with van der Waals surface area (Å²) in [5, 5.41) is 10.6. The van der Waals surface area contributed by atoms with Crippen LogP contribution in [0.4, 0.5) is 10.5 Å². The van der Waals surface area contributed by atoms with Gasteiger partial charge in [-0.2, -0.15) is 5.10 Å². The number of aromatic nitrogens is 2. The lowest BCUT2D eigenvalue weighted by molar-refractivity contribution is 0.0364. The van der Waals surface area contributed by atoms with E-state index in [0.29, 0.717) is 78.1 Å². The molecule has 4 heterocycles. The monoisotopic (exact) mass is 536 g/mol. The number of hydrogen-bond acceptors (Lipinski definition) is 8. The molecular formula is C26H28N6O5S. The number of primary amides is 1. The van der Waals surface area contributed by atoms with E-state index in [2.05, 4.69) is 10.2 Å². The Balaban J connectivity index is 1.33. The zero-order valence-corrected chi connectivity index (χ0v) is 21.8. The second kappa shape index (κ2) is 9.95. The highest BCUT2D eigenvalue weighted by Gasteiger charge is 2.38. The van der Waals surface area contributed by atoms with Crippen molar-refractivity contribution in [2.75, 3.05) is 51.6 Å². The van der Waals surface area contributed by atoms with Gasteiger partial charge in [0, 0.05) is 32.3 Å². The number of carbonyl (C=O) groups is 3. The maximum atomic E-state index is 13.9. The van der Waals surface area contributed by atoms with Gasteiger partial charge in [0.25, 0.3) is 5.91 Å². The van der Waals surface area contributed by atoms with Gasteiger partial charge in [-0.25, -0.2) is 14.8 Å². The quantitative estimate of drug-likeness (QED) is 0.387. The SMILES string of the molecule is COCC1CCCN1C(=O)c1ccc(-c2[nH]nc3c2C(=O)c2c-3cccc2N(C(N)=O)N2CCOCC2)s1. The molecule has 1 aliphatic carbocycles. The third-order valence-corrected chi connectivity index (χ3v) is 8.38. The number of aromatic amines is 1. The van der Waals surface area contributed by atoms with Crippen molar-refractivity contribution in [3.8, 4) is 21.8 Å². The number of hydrazine groups is 1. The number of benzene rings is 1. The number of fused-ring (bicyclic) bond motifs is 3. The molecule has 3 aliphatic rings. The predicted octanol–water partition coefficient (Wildman–Crippen LogP) is 2.73. The third kappa shape index (κ3) is 4.00. The minimum Gasteiger partial charge on any atom is -0.383 e. The molecule has 38 heavy (non-hydrogen) atoms. The first-order valence-corrected chi connectivity index (χ1v) is 13.4. The minimum atomic E-state index is -0.672. The molecule has 6 rings (SSSR count). The Morgan fingerprint density at radius 3 is 2.79 bits per heavy atom. The smallest absolute Gasteiger partial charge is 0.334 e. The number of likely N-dealkylation sites (tertiary alicyclic amines) is 1. The van der Waals surface area contributed by atoms with Crippen LogP contribution in [0.1, 0.15) is 38.4 Å². The van der Waals surface area contributed by atoms with Crippen LogP contribution in [0.5, 0.6) is 0 Å². The largest absolute Gasteiger partial charge is 0.383 e. The van der Waals surface area contributed by atoms with Crippen LogP contribution in [0, 0.1) is 0 Å². The van der Waals surface area contributed by atoms with Gasteiger partial charge < -0.3 is 20.1 Å². The Bertz CT molecular complexity index is 1410. The number of rotatable bonds is 6. The van der Waals surface area contributed by atoms with Gasteiger partial charge in [-0.05, 0) is 31.0 Å². The van der Waals surface area contributed by atoms with Crippen LogP contribution in [0.25, 0.3) is 21.8 Å². The summed E-state index contributed by atoms with van der Waals surface area (Å²) in [6.45, 7) is 3.09. The van der Waals surface area contributed by atoms with Crippen molar-refractivity contribution in [3.63, 3.8) is 0 Å². The second-order valence-electron chi connectivity index (χ2n) is 9.48. The normalized spacial score (nSPS) is 19.0. The topological polar surface area (TPSA) is 134 Å². The number of urea groups is 1. The number of hydrogen-bond donors (Lipinski definition) is 2. The van der Waals surface area contributed by atoms with Gasteiger partial charge in [-0.15, -0.1) is 11.3 Å². The summed E-state index contributed by atoms with van der Waals surface area (Å²) in [4.78, 5) is 42.9. The molecule has 0 bridgehead atoms. The van der Waals surface area contributed by atoms with Gasteiger partial charge in [0.2, 0.25) is 0 Å². The van der Waals surface area contributed by atoms with E-state index in [-0.39, 0.29) is 17.7 Å². The van der Waals surface area contributed by atoms with E-state index in [4.69, 9.17) is 15.2 Å². The Morgan fingerprint density at radius 1 is 1.21 bits per heavy atom. The van der Waals surface area contributed by atoms with Crippen molar-refractivity contribution in [1.29, 1.82) is 0 Å². The van der Waals surface area contributed by atoms with Crippen LogP contribution in [0.15, 0.2) is 30.3 Å². The number of ether oxygens (including phenoxy) is 2. The van der Waals surface area contributed by atoms with Gasteiger partial charge in [0.15, 0.2) is 5.78 Å². The third-order valence-electron chi connectivity index (χ3n) is 7.29. The van der Waals surface area contributed by atoms with Crippen molar-refractivity contribution in [1.82, 2.24) is 20.1 Å². The number of carbonyl (C=O) groups excluding carboxylic acids is 3. The number of nitrogens with one attached hydrogen (secondary N) is 1. The highest BCUT2D eigenvalue weighted by atomic mass is 32.1. The summed E-state index contributed by atoms with van der Waals surface area (Å²) < 4.78 is 10.7. The van der Waals surface area contributed by atoms with Crippen molar-refractivity contribution in [2.45, 2.75) is 18.9 Å². The zero-order chi connectivity index (χ0) is 26.4. The van der Waals surface area contributed by atoms with E-state index in [1.807, 2.05) is 17.0 Å². The Kier molecular flexibility index (Phi) is 6.48. The van der Waals surface area contributed by atoms with Gasteiger partial charge in [-0.3, -0.25) is 14.7 Å². The molecule has 0 saturated carbocycles. The first kappa shape index (κ1) is 24.7. The van der Waals surface area contributed by atoms with Crippen molar-refractivity contribution in [3.05, 3.63) is 46.3 Å². The Morgan fingerprint density at radius 2 is 2.03 bits per heavy atom. The number of morpholine rings is 1. The van der Waals surface area contributed by atoms with Crippen LogP contribution in [0.3, 0.4) is 0 Å². The van der Waals surface area contributed by atoms with E-state index in [9.17, 15) is 14.4 Å². The molecule has 2 aliphatic heterocycles. The molecule has 2 saturated heterocycles. The van der Waals surface area contributed by atoms with Crippen LogP contribution < -0.4 is 10.7 Å². The fraction of sp³-hybridized carbons (Fsp3) is 0.385. The summed E-state index contributed by atoms with van der Waals surface area (Å²) >= 11 is 1.33. The Hall–Kier alpha value is -3.58. The van der Waals surface area contributed by atoms with Gasteiger partial charge in [-0.1, -0.05) is 12.1 Å². The molecule has 1 unspecified atom stereocenters. The van der Waals surface area contributed by atoms with Crippen LogP contribution >= 0.6 is 11.3 Å². The van der Waals surface area contributed by atoms with Crippen LogP contribution in [-0.4, -0.2) is 90.4 Å². The number of nitrogens with zero attached hydrogens (tertiary/aromatic N) is 4. The second-order valence-corrected chi connectivity index (χ2v) is 10.6. The average molecular weight is 537 g/mol. The molecule has 11 nitrogen and oxygen atoms in total. The number of anilines is 1. The number of nitrogens with two attached hydrogens (primary N) is 1. The summed E-state index contributed by atoms with van der Waals surface area (Å²) in [7, 11) is 1.65. The number of ketones is 1. The fourth-order valence-electron chi connectivity index (χ4n) is 5.58. The highest BCUT2D eigenvalue weighted by Crippen LogP contribution is 2.45. The number of amides is 3. The molecule has 1 atom stereocenters. The first-order chi connectivity index (χ1) is 18.5. The van der Waals surface area contributed by atoms with E-state index in [1.54, 1.807) is 30.3 Å². The van der Waals surface area contributed by atoms with E-state index < -0.39 is 6.03 Å². The standard InChI is InChI=1S/C26H28N6O5S/c1-36-14-15-4-3-9-31(15)25(34)19-8-7-18(38-19)23-21-22(28-29-23)16-5-2-6-17(20(16)24(21)33)32(26(27)35)30-10-12-37-13-11-30/h2,5-8,15H,3-4,9-14H2,1H3,(H2,27,35)(H,28,29). The van der Waals surface area contributed by atoms with E-state index >= 15 is 0 Å². The zero-order valence-electron chi connectivity index (χ0n) is 20.9. The number of H-pyrrole nitrogens is 1. The summed E-state index contributed by atoms with van der Waals surface area (Å²) in [6, 6.07) is 8.36. The summed E-state index contributed by atoms with van der Waals surface area (Å²) in [6.07, 6.45) is 1.88. The molecule has 3 N–H and O–H groups in total. The lowest BCUT2D eigenvalue weighted by Crippen LogP contribution is -2.54. The molecule has 0 spiro atoms. The van der Waals surface area contributed by atoms with Crippen LogP contribution in [0.2, 0.25) is 0 Å². The average Bonchev–Trinajstić information content (AvgIpc) is 3.71. The van der Waals surface area contributed by atoms with Gasteiger partial charge in [0.05, 0.1) is 58.1 Å². The molecule has 12 heteroatoms. The molecule has 0 radical (unpaired) electrons. The van der Waals surface area contributed by atoms with Crippen molar-refractivity contribution in [2.24, 2.45) is 5.73 Å². The summed E-state index contributed by atoms with van der Waals surface area (Å²) in [5.41, 5.74) is 8.74. The fourth-order valence-corrected chi connectivity index (χ4v) is 6.54. The van der Waals surface area contributed by atoms with Gasteiger partial charge in [0.1, 0.15) is 5.69 Å². The van der Waals surface area contributed by atoms with E-state index in [1.165, 1.54) is 16.3 Å². The first-order valence-electron chi connectivity index (χ1n) is 12.6. The lowest BCUT2D eigenvalue weighted by atomic mass is 10.1. The van der Waals surface area contributed by atoms with Crippen molar-refractivity contribution < 1.29 is 23.9 Å². The summed E-state index contributed by atoms with van der Waals surface area (Å²) in [5.74, 6) is -0.272. The maximum absolute atomic E-state index is 13.9. The number of methoxy groups -OCH3 is 1. The number of thiophene rings is 1. The van der Waals surface area contributed by atoms with Gasteiger partial charge >= 0.3 is 6.03 Å². The molecule has 198 valence electrons. The molecule has 2 aromatic heterocycles. The highest BCUT2D eigenvalue weighted by molar-refractivity contribution is 7.17. The molecule has 3 aromatic rings. The predicted molar refractivity (Wildman–Crippen MR) is 141 cm³/mol. The van der Waals surface area contributed by atoms with E-state index in [0.717, 1.165) is 17.7 Å². The maximum Gasteiger partial charge on any atom is 0.334 e. The molecule has 3 amide bonds.